The zero-order valence-corrected chi connectivity index (χ0v) is 19.2. The van der Waals surface area contributed by atoms with Gasteiger partial charge in [0.15, 0.2) is 0 Å². The SMILES string of the molecule is CCc1cccc2c(C=NNC(=O)c3cccc(S(=O)(=O)Nc4ccc(Cl)cc4)c3)c[nH]c12. The number of para-hydroxylation sites is 1. The van der Waals surface area contributed by atoms with Crippen molar-refractivity contribution in [1.82, 2.24) is 10.4 Å². The van der Waals surface area contributed by atoms with Gasteiger partial charge in [0.25, 0.3) is 15.9 Å². The van der Waals surface area contributed by atoms with Gasteiger partial charge in [-0.2, -0.15) is 5.10 Å². The Labute approximate surface area is 196 Å². The quantitative estimate of drug-likeness (QED) is 0.257. The summed E-state index contributed by atoms with van der Waals surface area (Å²) in [6.07, 6.45) is 4.28. The molecule has 0 saturated heterocycles. The maximum atomic E-state index is 12.7. The van der Waals surface area contributed by atoms with Crippen molar-refractivity contribution in [3.05, 3.63) is 94.6 Å². The fourth-order valence-corrected chi connectivity index (χ4v) is 4.63. The van der Waals surface area contributed by atoms with E-state index in [1.54, 1.807) is 30.5 Å². The number of amides is 1. The fraction of sp³-hybridized carbons (Fsp3) is 0.0833. The lowest BCUT2D eigenvalue weighted by atomic mass is 10.1. The Morgan fingerprint density at radius 1 is 1.09 bits per heavy atom. The third kappa shape index (κ3) is 5.08. The molecule has 4 rings (SSSR count). The molecule has 9 heteroatoms. The monoisotopic (exact) mass is 480 g/mol. The fourth-order valence-electron chi connectivity index (χ4n) is 3.40. The summed E-state index contributed by atoms with van der Waals surface area (Å²) >= 11 is 5.84. The van der Waals surface area contributed by atoms with E-state index in [9.17, 15) is 13.2 Å². The molecule has 0 bridgehead atoms. The minimum Gasteiger partial charge on any atom is -0.360 e. The van der Waals surface area contributed by atoms with E-state index in [-0.39, 0.29) is 10.5 Å². The Bertz CT molecular complexity index is 1440. The summed E-state index contributed by atoms with van der Waals surface area (Å²) in [6.45, 7) is 2.09. The van der Waals surface area contributed by atoms with Gasteiger partial charge in [0.1, 0.15) is 0 Å². The van der Waals surface area contributed by atoms with Crippen molar-refractivity contribution in [3.8, 4) is 0 Å². The molecular formula is C24H21ClN4O3S. The molecule has 3 N–H and O–H groups in total. The van der Waals surface area contributed by atoms with Crippen LogP contribution in [0.25, 0.3) is 10.9 Å². The lowest BCUT2D eigenvalue weighted by Gasteiger charge is -2.09. The average Bonchev–Trinajstić information content (AvgIpc) is 3.23. The number of halogens is 1. The summed E-state index contributed by atoms with van der Waals surface area (Å²) in [4.78, 5) is 15.7. The molecule has 33 heavy (non-hydrogen) atoms. The van der Waals surface area contributed by atoms with Crippen LogP contribution in [-0.4, -0.2) is 25.5 Å². The van der Waals surface area contributed by atoms with Crippen molar-refractivity contribution in [2.75, 3.05) is 4.72 Å². The van der Waals surface area contributed by atoms with E-state index in [4.69, 9.17) is 11.6 Å². The molecule has 3 aromatic carbocycles. The molecule has 0 aliphatic rings. The predicted molar refractivity (Wildman–Crippen MR) is 131 cm³/mol. The summed E-state index contributed by atoms with van der Waals surface area (Å²) in [7, 11) is -3.88. The van der Waals surface area contributed by atoms with Crippen LogP contribution in [0, 0.1) is 0 Å². The third-order valence-corrected chi connectivity index (χ3v) is 6.72. The van der Waals surface area contributed by atoms with Gasteiger partial charge in [-0.3, -0.25) is 9.52 Å². The Kier molecular flexibility index (Phi) is 6.48. The van der Waals surface area contributed by atoms with E-state index in [0.29, 0.717) is 10.7 Å². The molecule has 0 saturated carbocycles. The number of rotatable bonds is 7. The first-order chi connectivity index (χ1) is 15.9. The van der Waals surface area contributed by atoms with Crippen molar-refractivity contribution in [3.63, 3.8) is 0 Å². The van der Waals surface area contributed by atoms with Gasteiger partial charge in [0.2, 0.25) is 0 Å². The van der Waals surface area contributed by atoms with Gasteiger partial charge in [-0.25, -0.2) is 13.8 Å². The molecule has 1 amide bonds. The highest BCUT2D eigenvalue weighted by molar-refractivity contribution is 7.92. The first kappa shape index (κ1) is 22.6. The number of aryl methyl sites for hydroxylation is 1. The van der Waals surface area contributed by atoms with Crippen LogP contribution in [0.4, 0.5) is 5.69 Å². The molecule has 1 aromatic heterocycles. The number of carbonyl (C=O) groups is 1. The summed E-state index contributed by atoms with van der Waals surface area (Å²) in [6, 6.07) is 18.0. The number of hydrogen-bond donors (Lipinski definition) is 3. The molecule has 0 atom stereocenters. The number of nitrogens with one attached hydrogen (secondary N) is 3. The smallest absolute Gasteiger partial charge is 0.271 e. The second kappa shape index (κ2) is 9.48. The zero-order chi connectivity index (χ0) is 23.4. The number of aromatic amines is 1. The molecule has 168 valence electrons. The minimum absolute atomic E-state index is 0.0437. The van der Waals surface area contributed by atoms with Crippen LogP contribution in [0.1, 0.15) is 28.4 Å². The molecule has 0 spiro atoms. The topological polar surface area (TPSA) is 103 Å². The van der Waals surface area contributed by atoms with Gasteiger partial charge in [0.05, 0.1) is 11.1 Å². The van der Waals surface area contributed by atoms with Crippen LogP contribution in [0.15, 0.2) is 82.9 Å². The Balaban J connectivity index is 1.48. The van der Waals surface area contributed by atoms with E-state index in [1.807, 2.05) is 18.3 Å². The first-order valence-electron chi connectivity index (χ1n) is 10.2. The van der Waals surface area contributed by atoms with Crippen molar-refractivity contribution in [2.45, 2.75) is 18.2 Å². The largest absolute Gasteiger partial charge is 0.360 e. The number of anilines is 1. The van der Waals surface area contributed by atoms with Crippen molar-refractivity contribution in [2.24, 2.45) is 5.10 Å². The molecular weight excluding hydrogens is 460 g/mol. The third-order valence-electron chi connectivity index (χ3n) is 5.09. The molecule has 1 heterocycles. The number of aromatic nitrogens is 1. The van der Waals surface area contributed by atoms with E-state index in [1.165, 1.54) is 29.8 Å². The molecule has 0 aliphatic heterocycles. The average molecular weight is 481 g/mol. The maximum Gasteiger partial charge on any atom is 0.271 e. The number of hydrazone groups is 1. The van der Waals surface area contributed by atoms with Crippen molar-refractivity contribution in [1.29, 1.82) is 0 Å². The minimum atomic E-state index is -3.88. The molecule has 0 radical (unpaired) electrons. The highest BCUT2D eigenvalue weighted by Crippen LogP contribution is 2.21. The summed E-state index contributed by atoms with van der Waals surface area (Å²) < 4.78 is 27.9. The number of H-pyrrole nitrogens is 1. The summed E-state index contributed by atoms with van der Waals surface area (Å²) in [5.74, 6) is -0.524. The van der Waals surface area contributed by atoms with Gasteiger partial charge < -0.3 is 4.98 Å². The first-order valence-corrected chi connectivity index (χ1v) is 12.0. The van der Waals surface area contributed by atoms with Crippen LogP contribution in [-0.2, 0) is 16.4 Å². The standard InChI is InChI=1S/C24H21ClN4O3S/c1-2-16-5-4-8-22-18(14-26-23(16)22)15-27-28-24(30)17-6-3-7-21(13-17)33(31,32)29-20-11-9-19(25)10-12-20/h3-15,26,29H,2H2,1H3,(H,28,30). The van der Waals surface area contributed by atoms with E-state index in [0.717, 1.165) is 22.9 Å². The molecule has 0 unspecified atom stereocenters. The number of sulfonamides is 1. The van der Waals surface area contributed by atoms with Gasteiger partial charge in [-0.05, 0) is 54.4 Å². The highest BCUT2D eigenvalue weighted by Gasteiger charge is 2.16. The van der Waals surface area contributed by atoms with Crippen LogP contribution in [0.3, 0.4) is 0 Å². The van der Waals surface area contributed by atoms with E-state index < -0.39 is 15.9 Å². The number of hydrogen-bond acceptors (Lipinski definition) is 4. The van der Waals surface area contributed by atoms with Gasteiger partial charge >= 0.3 is 0 Å². The van der Waals surface area contributed by atoms with Crippen LogP contribution in [0.5, 0.6) is 0 Å². The summed E-state index contributed by atoms with van der Waals surface area (Å²) in [5, 5.41) is 5.55. The van der Waals surface area contributed by atoms with Crippen molar-refractivity contribution < 1.29 is 13.2 Å². The number of fused-ring (bicyclic) bond motifs is 1. The Hall–Kier alpha value is -3.62. The molecule has 4 aromatic rings. The lowest BCUT2D eigenvalue weighted by molar-refractivity contribution is 0.0955. The van der Waals surface area contributed by atoms with Crippen molar-refractivity contribution >= 4 is 50.3 Å². The van der Waals surface area contributed by atoms with Crippen LogP contribution < -0.4 is 10.1 Å². The van der Waals surface area contributed by atoms with Gasteiger partial charge in [-0.15, -0.1) is 0 Å². The molecule has 0 aliphatic carbocycles. The Morgan fingerprint density at radius 2 is 1.85 bits per heavy atom. The van der Waals surface area contributed by atoms with Gasteiger partial charge in [-0.1, -0.05) is 42.8 Å². The molecule has 0 fully saturated rings. The maximum absolute atomic E-state index is 12.7. The van der Waals surface area contributed by atoms with E-state index >= 15 is 0 Å². The number of benzene rings is 3. The predicted octanol–water partition coefficient (Wildman–Crippen LogP) is 4.95. The lowest BCUT2D eigenvalue weighted by Crippen LogP contribution is -2.19. The molecule has 7 nitrogen and oxygen atoms in total. The summed E-state index contributed by atoms with van der Waals surface area (Å²) in [5.41, 5.74) is 6.06. The Morgan fingerprint density at radius 3 is 2.61 bits per heavy atom. The van der Waals surface area contributed by atoms with E-state index in [2.05, 4.69) is 33.2 Å². The van der Waals surface area contributed by atoms with Crippen LogP contribution in [0.2, 0.25) is 5.02 Å². The second-order valence-corrected chi connectivity index (χ2v) is 9.40. The zero-order valence-electron chi connectivity index (χ0n) is 17.7. The normalized spacial score (nSPS) is 11.7. The highest BCUT2D eigenvalue weighted by atomic mass is 35.5. The number of carbonyl (C=O) groups excluding carboxylic acids is 1. The van der Waals surface area contributed by atoms with Gasteiger partial charge in [0, 0.05) is 38.9 Å². The number of nitrogens with zero attached hydrogens (tertiary/aromatic N) is 1. The van der Waals surface area contributed by atoms with Crippen LogP contribution >= 0.6 is 11.6 Å². The second-order valence-electron chi connectivity index (χ2n) is 7.28.